The molecule has 2 N–H and O–H groups in total. The van der Waals surface area contributed by atoms with Gasteiger partial charge in [-0.2, -0.15) is 4.31 Å². The number of hydrogen-bond donors (Lipinski definition) is 1. The lowest BCUT2D eigenvalue weighted by molar-refractivity contribution is 0.382. The van der Waals surface area contributed by atoms with Gasteiger partial charge in [0.2, 0.25) is 10.0 Å². The number of sulfonamides is 1. The quantitative estimate of drug-likeness (QED) is 0.804. The maximum absolute atomic E-state index is 12.6. The smallest absolute Gasteiger partial charge is 0.244 e. The Morgan fingerprint density at radius 3 is 2.53 bits per heavy atom. The van der Waals surface area contributed by atoms with Crippen molar-refractivity contribution in [3.63, 3.8) is 0 Å². The van der Waals surface area contributed by atoms with Gasteiger partial charge in [-0.3, -0.25) is 0 Å². The van der Waals surface area contributed by atoms with Gasteiger partial charge >= 0.3 is 0 Å². The lowest BCUT2D eigenvalue weighted by atomic mass is 10.2. The first-order valence-electron chi connectivity index (χ1n) is 5.95. The highest BCUT2D eigenvalue weighted by Crippen LogP contribution is 2.27. The molecule has 0 aliphatic rings. The summed E-state index contributed by atoms with van der Waals surface area (Å²) in [5.74, 6) is 0. The van der Waals surface area contributed by atoms with E-state index in [0.717, 1.165) is 5.56 Å². The van der Waals surface area contributed by atoms with E-state index in [4.69, 9.17) is 5.73 Å². The van der Waals surface area contributed by atoms with Crippen molar-refractivity contribution in [3.8, 4) is 0 Å². The van der Waals surface area contributed by atoms with Crippen molar-refractivity contribution in [1.29, 1.82) is 0 Å². The lowest BCUT2D eigenvalue weighted by Crippen LogP contribution is -2.37. The molecule has 0 amide bonds. The van der Waals surface area contributed by atoms with Gasteiger partial charge in [0.05, 0.1) is 4.90 Å². The topological polar surface area (TPSA) is 63.4 Å². The third kappa shape index (κ3) is 3.66. The summed E-state index contributed by atoms with van der Waals surface area (Å²) < 4.78 is 27.1. The van der Waals surface area contributed by atoms with Crippen LogP contribution >= 0.6 is 15.9 Å². The maximum atomic E-state index is 12.6. The molecule has 6 heteroatoms. The van der Waals surface area contributed by atoms with E-state index in [1.165, 1.54) is 4.31 Å². The Morgan fingerprint density at radius 1 is 1.47 bits per heavy atom. The fraction of sp³-hybridized carbons (Fsp3) is 0.385. The van der Waals surface area contributed by atoms with Crippen molar-refractivity contribution in [3.05, 3.63) is 40.9 Å². The molecule has 0 spiro atoms. The predicted molar refractivity (Wildman–Crippen MR) is 81.3 cm³/mol. The number of nitrogens with zero attached hydrogens (tertiary/aromatic N) is 1. The van der Waals surface area contributed by atoms with Gasteiger partial charge in [0.15, 0.2) is 0 Å². The van der Waals surface area contributed by atoms with Crippen LogP contribution in [0.2, 0.25) is 0 Å². The standard InChI is InChI=1S/C13H19BrN2O2S/c1-4-7-16(10(2)3)19(17,18)13-6-5-11(9-15)8-12(13)14/h4-6,8,10H,1,7,9,15H2,2-3H3. The number of halogens is 1. The molecule has 0 aliphatic heterocycles. The first-order valence-corrected chi connectivity index (χ1v) is 8.19. The molecule has 106 valence electrons. The molecule has 0 radical (unpaired) electrons. The van der Waals surface area contributed by atoms with Gasteiger partial charge in [0.1, 0.15) is 0 Å². The molecule has 0 bridgehead atoms. The van der Waals surface area contributed by atoms with Crippen LogP contribution in [0.25, 0.3) is 0 Å². The van der Waals surface area contributed by atoms with Crippen LogP contribution in [-0.4, -0.2) is 25.3 Å². The molecule has 1 aromatic carbocycles. The SMILES string of the molecule is C=CCN(C(C)C)S(=O)(=O)c1ccc(CN)cc1Br. The molecular weight excluding hydrogens is 328 g/mol. The van der Waals surface area contributed by atoms with Crippen molar-refractivity contribution in [2.45, 2.75) is 31.3 Å². The molecule has 0 unspecified atom stereocenters. The van der Waals surface area contributed by atoms with Gasteiger partial charge in [0.25, 0.3) is 0 Å². The van der Waals surface area contributed by atoms with E-state index in [-0.39, 0.29) is 17.5 Å². The number of benzene rings is 1. The van der Waals surface area contributed by atoms with Crippen LogP contribution in [0.1, 0.15) is 19.4 Å². The zero-order valence-electron chi connectivity index (χ0n) is 11.1. The summed E-state index contributed by atoms with van der Waals surface area (Å²) in [4.78, 5) is 0.250. The lowest BCUT2D eigenvalue weighted by Gasteiger charge is -2.25. The second-order valence-electron chi connectivity index (χ2n) is 4.43. The normalized spacial score (nSPS) is 12.1. The summed E-state index contributed by atoms with van der Waals surface area (Å²) in [6, 6.07) is 4.91. The van der Waals surface area contributed by atoms with Crippen LogP contribution < -0.4 is 5.73 Å². The minimum Gasteiger partial charge on any atom is -0.326 e. The second kappa shape index (κ2) is 6.65. The minimum absolute atomic E-state index is 0.135. The highest BCUT2D eigenvalue weighted by Gasteiger charge is 2.27. The Bertz CT molecular complexity index is 556. The fourth-order valence-electron chi connectivity index (χ4n) is 1.72. The first-order chi connectivity index (χ1) is 8.84. The Kier molecular flexibility index (Phi) is 5.73. The van der Waals surface area contributed by atoms with Gasteiger partial charge in [-0.15, -0.1) is 6.58 Å². The van der Waals surface area contributed by atoms with Crippen LogP contribution in [0.15, 0.2) is 40.2 Å². The van der Waals surface area contributed by atoms with Gasteiger partial charge in [-0.05, 0) is 47.5 Å². The van der Waals surface area contributed by atoms with Crippen LogP contribution in [0, 0.1) is 0 Å². The van der Waals surface area contributed by atoms with Crippen molar-refractivity contribution in [1.82, 2.24) is 4.31 Å². The van der Waals surface area contributed by atoms with Gasteiger partial charge in [0, 0.05) is 23.6 Å². The molecule has 0 atom stereocenters. The van der Waals surface area contributed by atoms with Gasteiger partial charge in [-0.1, -0.05) is 12.1 Å². The van der Waals surface area contributed by atoms with Crippen molar-refractivity contribution in [2.75, 3.05) is 6.54 Å². The summed E-state index contributed by atoms with van der Waals surface area (Å²) >= 11 is 3.31. The summed E-state index contributed by atoms with van der Waals surface area (Å²) in [7, 11) is -3.54. The van der Waals surface area contributed by atoms with E-state index in [1.807, 2.05) is 13.8 Å². The van der Waals surface area contributed by atoms with E-state index in [2.05, 4.69) is 22.5 Å². The monoisotopic (exact) mass is 346 g/mol. The van der Waals surface area contributed by atoms with Crippen molar-refractivity contribution < 1.29 is 8.42 Å². The van der Waals surface area contributed by atoms with Crippen LogP contribution in [0.5, 0.6) is 0 Å². The third-order valence-electron chi connectivity index (χ3n) is 2.70. The number of rotatable bonds is 6. The highest BCUT2D eigenvalue weighted by molar-refractivity contribution is 9.10. The Hall–Kier alpha value is -0.690. The molecule has 19 heavy (non-hydrogen) atoms. The molecule has 0 aromatic heterocycles. The Balaban J connectivity index is 3.29. The van der Waals surface area contributed by atoms with Gasteiger partial charge in [-0.25, -0.2) is 8.42 Å². The van der Waals surface area contributed by atoms with E-state index in [9.17, 15) is 8.42 Å². The molecule has 1 rings (SSSR count). The average molecular weight is 347 g/mol. The fourth-order valence-corrected chi connectivity index (χ4v) is 4.42. The highest BCUT2D eigenvalue weighted by atomic mass is 79.9. The average Bonchev–Trinajstić information content (AvgIpc) is 2.34. The summed E-state index contributed by atoms with van der Waals surface area (Å²) in [5.41, 5.74) is 6.42. The predicted octanol–water partition coefficient (Wildman–Crippen LogP) is 2.49. The molecule has 0 aliphatic carbocycles. The van der Waals surface area contributed by atoms with E-state index < -0.39 is 10.0 Å². The molecule has 0 heterocycles. The molecule has 0 saturated heterocycles. The van der Waals surface area contributed by atoms with E-state index >= 15 is 0 Å². The van der Waals surface area contributed by atoms with Crippen LogP contribution in [-0.2, 0) is 16.6 Å². The molecule has 1 aromatic rings. The van der Waals surface area contributed by atoms with Crippen molar-refractivity contribution in [2.24, 2.45) is 5.73 Å². The summed E-state index contributed by atoms with van der Waals surface area (Å²) in [5, 5.41) is 0. The third-order valence-corrected chi connectivity index (χ3v) is 5.72. The first kappa shape index (κ1) is 16.4. The van der Waals surface area contributed by atoms with Crippen LogP contribution in [0.3, 0.4) is 0 Å². The number of nitrogens with two attached hydrogens (primary N) is 1. The Morgan fingerprint density at radius 2 is 2.11 bits per heavy atom. The largest absolute Gasteiger partial charge is 0.326 e. The van der Waals surface area contributed by atoms with Gasteiger partial charge < -0.3 is 5.73 Å². The molecule has 0 fully saturated rings. The van der Waals surface area contributed by atoms with Crippen LogP contribution in [0.4, 0.5) is 0 Å². The zero-order valence-corrected chi connectivity index (χ0v) is 13.5. The number of hydrogen-bond acceptors (Lipinski definition) is 3. The summed E-state index contributed by atoms with van der Waals surface area (Å²) in [6.07, 6.45) is 1.58. The minimum atomic E-state index is -3.54. The van der Waals surface area contributed by atoms with E-state index in [1.54, 1.807) is 24.3 Å². The zero-order chi connectivity index (χ0) is 14.6. The molecule has 0 saturated carbocycles. The second-order valence-corrected chi connectivity index (χ2v) is 7.14. The summed E-state index contributed by atoms with van der Waals surface area (Å²) in [6.45, 7) is 7.94. The van der Waals surface area contributed by atoms with Crippen molar-refractivity contribution >= 4 is 26.0 Å². The Labute approximate surface area is 123 Å². The maximum Gasteiger partial charge on any atom is 0.244 e. The van der Waals surface area contributed by atoms with E-state index in [0.29, 0.717) is 11.0 Å². The molecule has 4 nitrogen and oxygen atoms in total. The molecular formula is C13H19BrN2O2S.